The minimum atomic E-state index is -5.19. The Morgan fingerprint density at radius 2 is 1.79 bits per heavy atom. The van der Waals surface area contributed by atoms with Crippen LogP contribution >= 0.6 is 12.6 Å². The number of hydrogen-bond acceptors (Lipinski definition) is 3. The fourth-order valence-corrected chi connectivity index (χ4v) is 1.78. The van der Waals surface area contributed by atoms with Crippen molar-refractivity contribution in [3.8, 4) is 0 Å². The molecule has 1 aromatic rings. The van der Waals surface area contributed by atoms with Gasteiger partial charge in [-0.3, -0.25) is 0 Å². The summed E-state index contributed by atoms with van der Waals surface area (Å²) < 4.78 is 43.7. The number of hydrogen-bond donors (Lipinski definition) is 1. The van der Waals surface area contributed by atoms with E-state index in [-0.39, 0.29) is 16.0 Å². The van der Waals surface area contributed by atoms with E-state index in [0.717, 1.165) is 6.07 Å². The minimum Gasteiger partial charge on any atom is -0.456 e. The summed E-state index contributed by atoms with van der Waals surface area (Å²) in [6.45, 7) is 1.08. The van der Waals surface area contributed by atoms with Crippen LogP contribution in [-0.2, 0) is 4.74 Å². The molecule has 0 N–H and O–H groups in total. The summed E-state index contributed by atoms with van der Waals surface area (Å²) >= 11 is 3.98. The van der Waals surface area contributed by atoms with Gasteiger partial charge in [-0.2, -0.15) is 0 Å². The maximum absolute atomic E-state index is 12.9. The largest absolute Gasteiger partial charge is 0.509 e. The van der Waals surface area contributed by atoms with E-state index >= 15 is 0 Å². The van der Waals surface area contributed by atoms with Crippen LogP contribution < -0.4 is 5.46 Å². The van der Waals surface area contributed by atoms with Gasteiger partial charge in [0.15, 0.2) is 0 Å². The van der Waals surface area contributed by atoms with Crippen molar-refractivity contribution in [2.45, 2.75) is 38.2 Å². The van der Waals surface area contributed by atoms with Gasteiger partial charge in [0.2, 0.25) is 0 Å². The standard InChI is InChI=1S/C12H15BF3O2S/c1-7-9(13(14,15)16)5-8(6-10(7)19)11(17)18-12(2,3)4/h5-6,19H,1-4H3/q-1. The first-order valence-corrected chi connectivity index (χ1v) is 6.13. The van der Waals surface area contributed by atoms with Gasteiger partial charge >= 0.3 is 12.9 Å². The van der Waals surface area contributed by atoms with Gasteiger partial charge in [0.25, 0.3) is 0 Å². The molecule has 7 heteroatoms. The molecule has 1 aromatic carbocycles. The molecular weight excluding hydrogens is 276 g/mol. The Morgan fingerprint density at radius 1 is 1.26 bits per heavy atom. The van der Waals surface area contributed by atoms with Gasteiger partial charge in [0.05, 0.1) is 5.56 Å². The number of halogens is 3. The lowest BCUT2D eigenvalue weighted by Crippen LogP contribution is -2.37. The van der Waals surface area contributed by atoms with Gasteiger partial charge in [-0.25, -0.2) is 4.79 Å². The molecule has 2 nitrogen and oxygen atoms in total. The van der Waals surface area contributed by atoms with Crippen molar-refractivity contribution in [2.75, 3.05) is 0 Å². The number of benzene rings is 1. The van der Waals surface area contributed by atoms with Gasteiger partial charge in [-0.15, -0.1) is 18.1 Å². The number of ether oxygens (including phenoxy) is 1. The molecule has 0 radical (unpaired) electrons. The molecule has 0 saturated heterocycles. The highest BCUT2D eigenvalue weighted by Gasteiger charge is 2.30. The maximum Gasteiger partial charge on any atom is 0.509 e. The van der Waals surface area contributed by atoms with E-state index in [2.05, 4.69) is 12.6 Å². The molecule has 0 aliphatic carbocycles. The molecule has 106 valence electrons. The fraction of sp³-hybridized carbons (Fsp3) is 0.417. The smallest absolute Gasteiger partial charge is 0.456 e. The van der Waals surface area contributed by atoms with Crippen LogP contribution in [0.2, 0.25) is 0 Å². The molecule has 0 aliphatic heterocycles. The van der Waals surface area contributed by atoms with Crippen LogP contribution in [0, 0.1) is 6.92 Å². The number of esters is 1. The summed E-state index contributed by atoms with van der Waals surface area (Å²) in [4.78, 5) is 11.9. The highest BCUT2D eigenvalue weighted by atomic mass is 32.1. The van der Waals surface area contributed by atoms with Gasteiger partial charge in [-0.05, 0) is 33.8 Å². The first-order chi connectivity index (χ1) is 8.42. The van der Waals surface area contributed by atoms with E-state index < -0.39 is 24.0 Å². The predicted octanol–water partition coefficient (Wildman–Crippen LogP) is 3.29. The van der Waals surface area contributed by atoms with Gasteiger partial charge < -0.3 is 17.7 Å². The Labute approximate surface area is 115 Å². The molecule has 0 aliphatic rings. The normalized spacial score (nSPS) is 12.4. The second-order valence-corrected chi connectivity index (χ2v) is 5.77. The Balaban J connectivity index is 3.25. The number of carbonyl (C=O) groups is 1. The van der Waals surface area contributed by atoms with Crippen LogP contribution in [0.15, 0.2) is 17.0 Å². The van der Waals surface area contributed by atoms with Crippen LogP contribution in [-0.4, -0.2) is 18.5 Å². The molecule has 0 bridgehead atoms. The molecule has 0 heterocycles. The van der Waals surface area contributed by atoms with Crippen molar-refractivity contribution in [3.05, 3.63) is 23.3 Å². The topological polar surface area (TPSA) is 26.3 Å². The molecule has 0 aromatic heterocycles. The summed E-state index contributed by atoms with van der Waals surface area (Å²) in [7, 11) is 0. The van der Waals surface area contributed by atoms with Crippen molar-refractivity contribution < 1.29 is 22.5 Å². The first-order valence-electron chi connectivity index (χ1n) is 5.68. The van der Waals surface area contributed by atoms with Crippen LogP contribution in [0.4, 0.5) is 12.9 Å². The van der Waals surface area contributed by atoms with Crippen LogP contribution in [0.1, 0.15) is 36.7 Å². The zero-order valence-corrected chi connectivity index (χ0v) is 12.0. The number of rotatable bonds is 2. The Kier molecular flexibility index (Phi) is 4.29. The third-order valence-corrected chi connectivity index (χ3v) is 2.87. The van der Waals surface area contributed by atoms with E-state index in [1.54, 1.807) is 20.8 Å². The van der Waals surface area contributed by atoms with Crippen molar-refractivity contribution in [2.24, 2.45) is 0 Å². The highest BCUT2D eigenvalue weighted by Crippen LogP contribution is 2.21. The molecular formula is C12H15BF3O2S-. The molecule has 19 heavy (non-hydrogen) atoms. The summed E-state index contributed by atoms with van der Waals surface area (Å²) in [6, 6.07) is 2.11. The SMILES string of the molecule is Cc1c(S)cc(C(=O)OC(C)(C)C)cc1[B-](F)(F)F. The zero-order valence-electron chi connectivity index (χ0n) is 11.1. The molecule has 0 atom stereocenters. The van der Waals surface area contributed by atoms with Crippen molar-refractivity contribution >= 4 is 31.0 Å². The maximum atomic E-state index is 12.9. The average molecular weight is 291 g/mol. The van der Waals surface area contributed by atoms with E-state index in [0.29, 0.717) is 0 Å². The lowest BCUT2D eigenvalue weighted by atomic mass is 9.76. The summed E-state index contributed by atoms with van der Waals surface area (Å²) in [5.41, 5.74) is -1.70. The quantitative estimate of drug-likeness (QED) is 0.514. The second kappa shape index (κ2) is 5.11. The Hall–Kier alpha value is -1.11. The van der Waals surface area contributed by atoms with Gasteiger partial charge in [0, 0.05) is 4.90 Å². The number of carbonyl (C=O) groups excluding carboxylic acids is 1. The van der Waals surface area contributed by atoms with E-state index in [4.69, 9.17) is 4.74 Å². The van der Waals surface area contributed by atoms with Crippen molar-refractivity contribution in [1.29, 1.82) is 0 Å². The first kappa shape index (κ1) is 16.0. The lowest BCUT2D eigenvalue weighted by molar-refractivity contribution is 0.00694. The molecule has 0 spiro atoms. The minimum absolute atomic E-state index is 0.0168. The van der Waals surface area contributed by atoms with Gasteiger partial charge in [0.1, 0.15) is 5.60 Å². The van der Waals surface area contributed by atoms with Gasteiger partial charge in [-0.1, -0.05) is 11.6 Å². The zero-order chi connectivity index (χ0) is 15.0. The Morgan fingerprint density at radius 3 is 2.21 bits per heavy atom. The van der Waals surface area contributed by atoms with Crippen molar-refractivity contribution in [1.82, 2.24) is 0 Å². The molecule has 0 unspecified atom stereocenters. The van der Waals surface area contributed by atoms with Crippen LogP contribution in [0.25, 0.3) is 0 Å². The van der Waals surface area contributed by atoms with E-state index in [9.17, 15) is 17.7 Å². The third kappa shape index (κ3) is 4.19. The molecule has 1 rings (SSSR count). The van der Waals surface area contributed by atoms with E-state index in [1.165, 1.54) is 13.0 Å². The fourth-order valence-electron chi connectivity index (χ4n) is 1.52. The molecule has 0 saturated carbocycles. The third-order valence-electron chi connectivity index (χ3n) is 2.41. The average Bonchev–Trinajstić information content (AvgIpc) is 2.17. The van der Waals surface area contributed by atoms with Crippen molar-refractivity contribution in [3.63, 3.8) is 0 Å². The summed E-state index contributed by atoms with van der Waals surface area (Å²) in [6.07, 6.45) is 0. The van der Waals surface area contributed by atoms with E-state index in [1.807, 2.05) is 0 Å². The predicted molar refractivity (Wildman–Crippen MR) is 72.3 cm³/mol. The summed E-state index contributed by atoms with van der Waals surface area (Å²) in [5.74, 6) is -0.788. The highest BCUT2D eigenvalue weighted by molar-refractivity contribution is 7.80. The lowest BCUT2D eigenvalue weighted by Gasteiger charge is -2.23. The Bertz CT molecular complexity index is 507. The van der Waals surface area contributed by atoms with Crippen LogP contribution in [0.5, 0.6) is 0 Å². The number of thiol groups is 1. The second-order valence-electron chi connectivity index (χ2n) is 5.29. The summed E-state index contributed by atoms with van der Waals surface area (Å²) in [5, 5.41) is 0. The molecule has 0 amide bonds. The molecule has 0 fully saturated rings. The monoisotopic (exact) mass is 291 g/mol. The van der Waals surface area contributed by atoms with Crippen LogP contribution in [0.3, 0.4) is 0 Å².